The summed E-state index contributed by atoms with van der Waals surface area (Å²) in [6.07, 6.45) is 8.63. The molecule has 1 N–H and O–H groups in total. The second kappa shape index (κ2) is 7.90. The molecule has 0 spiro atoms. The van der Waals surface area contributed by atoms with Gasteiger partial charge >= 0.3 is 5.97 Å². The van der Waals surface area contributed by atoms with E-state index in [1.807, 2.05) is 32.9 Å². The number of hydrogen-bond donors (Lipinski definition) is 1. The van der Waals surface area contributed by atoms with Crippen molar-refractivity contribution in [2.75, 3.05) is 0 Å². The van der Waals surface area contributed by atoms with E-state index in [2.05, 4.69) is 15.2 Å². The zero-order valence-electron chi connectivity index (χ0n) is 17.0. The lowest BCUT2D eigenvalue weighted by atomic mass is 9.95. The number of aromatic nitrogens is 5. The number of pyridine rings is 2. The lowest BCUT2D eigenvalue weighted by Crippen LogP contribution is -2.01. The van der Waals surface area contributed by atoms with E-state index in [9.17, 15) is 9.90 Å². The molecule has 4 aromatic heterocycles. The molecular weight excluding hydrogens is 382 g/mol. The van der Waals surface area contributed by atoms with Crippen molar-refractivity contribution < 1.29 is 14.4 Å². The average molecular weight is 403 g/mol. The fourth-order valence-corrected chi connectivity index (χ4v) is 3.44. The number of aliphatic carboxylic acids is 1. The van der Waals surface area contributed by atoms with Crippen LogP contribution in [0.25, 0.3) is 39.6 Å². The molecule has 0 aliphatic carbocycles. The summed E-state index contributed by atoms with van der Waals surface area (Å²) in [5, 5.41) is 18.7. The summed E-state index contributed by atoms with van der Waals surface area (Å²) in [5.41, 5.74) is 5.05. The van der Waals surface area contributed by atoms with Crippen LogP contribution < -0.4 is 0 Å². The van der Waals surface area contributed by atoms with Gasteiger partial charge in [-0.1, -0.05) is 12.1 Å². The first-order chi connectivity index (χ1) is 14.5. The van der Waals surface area contributed by atoms with Crippen molar-refractivity contribution in [3.05, 3.63) is 53.7 Å². The van der Waals surface area contributed by atoms with Crippen molar-refractivity contribution >= 4 is 23.1 Å². The lowest BCUT2D eigenvalue weighted by Gasteiger charge is -2.13. The highest BCUT2D eigenvalue weighted by molar-refractivity contribution is 6.02. The Morgan fingerprint density at radius 3 is 2.73 bits per heavy atom. The molecule has 8 heteroatoms. The molecule has 0 aliphatic heterocycles. The van der Waals surface area contributed by atoms with Crippen LogP contribution in [0.1, 0.15) is 30.7 Å². The summed E-state index contributed by atoms with van der Waals surface area (Å²) in [5.74, 6) is -0.323. The predicted octanol–water partition coefficient (Wildman–Crippen LogP) is 4.14. The maximum Gasteiger partial charge on any atom is 0.328 e. The highest BCUT2D eigenvalue weighted by Gasteiger charge is 2.21. The van der Waals surface area contributed by atoms with Gasteiger partial charge in [0.25, 0.3) is 0 Å². The Morgan fingerprint density at radius 1 is 1.23 bits per heavy atom. The van der Waals surface area contributed by atoms with E-state index in [0.29, 0.717) is 35.6 Å². The molecular formula is C22H21N5O3. The Bertz CT molecular complexity index is 1270. The van der Waals surface area contributed by atoms with Crippen LogP contribution in [0.15, 0.2) is 41.3 Å². The van der Waals surface area contributed by atoms with E-state index >= 15 is 0 Å². The second-order valence-electron chi connectivity index (χ2n) is 6.90. The van der Waals surface area contributed by atoms with Crippen molar-refractivity contribution in [1.29, 1.82) is 0 Å². The standard InChI is InChI=1S/C22H21N5O3/c1-4-15-9-18(26-30-15)21-16(6-7-19(28)29)20(14-8-13(3)10-23-11-14)17-12-24-27(5-2)22(17)25-21/h6-12H,4-5H2,1-3H3,(H,28,29)/b7-6+. The first-order valence-corrected chi connectivity index (χ1v) is 9.70. The molecule has 0 radical (unpaired) electrons. The van der Waals surface area contributed by atoms with Gasteiger partial charge in [-0.2, -0.15) is 5.10 Å². The van der Waals surface area contributed by atoms with Crippen molar-refractivity contribution in [3.63, 3.8) is 0 Å². The highest BCUT2D eigenvalue weighted by atomic mass is 16.5. The molecule has 0 amide bonds. The first kappa shape index (κ1) is 19.5. The molecule has 0 fully saturated rings. The number of carboxylic acids is 1. The first-order valence-electron chi connectivity index (χ1n) is 9.70. The van der Waals surface area contributed by atoms with Crippen LogP contribution in [0.4, 0.5) is 0 Å². The minimum Gasteiger partial charge on any atom is -0.478 e. The third kappa shape index (κ3) is 3.47. The summed E-state index contributed by atoms with van der Waals surface area (Å²) >= 11 is 0. The van der Waals surface area contributed by atoms with Crippen molar-refractivity contribution in [1.82, 2.24) is 24.9 Å². The monoisotopic (exact) mass is 403 g/mol. The smallest absolute Gasteiger partial charge is 0.328 e. The third-order valence-corrected chi connectivity index (χ3v) is 4.83. The normalized spacial score (nSPS) is 11.6. The van der Waals surface area contributed by atoms with Crippen LogP contribution >= 0.6 is 0 Å². The minimum atomic E-state index is -1.05. The summed E-state index contributed by atoms with van der Waals surface area (Å²) in [4.78, 5) is 20.5. The van der Waals surface area contributed by atoms with Crippen LogP contribution in [0.5, 0.6) is 0 Å². The van der Waals surface area contributed by atoms with E-state index < -0.39 is 5.97 Å². The van der Waals surface area contributed by atoms with Crippen LogP contribution in [0, 0.1) is 6.92 Å². The molecule has 152 valence electrons. The molecule has 0 saturated carbocycles. The number of fused-ring (bicyclic) bond motifs is 1. The predicted molar refractivity (Wildman–Crippen MR) is 113 cm³/mol. The van der Waals surface area contributed by atoms with E-state index in [1.54, 1.807) is 29.3 Å². The van der Waals surface area contributed by atoms with Crippen molar-refractivity contribution in [2.45, 2.75) is 33.7 Å². The van der Waals surface area contributed by atoms with Gasteiger partial charge in [-0.05, 0) is 31.6 Å². The molecule has 0 aliphatic rings. The SMILES string of the molecule is CCc1cc(-c2nc3c(cnn3CC)c(-c3cncc(C)c3)c2/C=C/C(=O)O)no1. The minimum absolute atomic E-state index is 0.537. The van der Waals surface area contributed by atoms with E-state index in [-0.39, 0.29) is 0 Å². The van der Waals surface area contributed by atoms with E-state index in [4.69, 9.17) is 9.51 Å². The van der Waals surface area contributed by atoms with E-state index in [1.165, 1.54) is 0 Å². The number of rotatable bonds is 6. The molecule has 0 saturated heterocycles. The fraction of sp³-hybridized carbons (Fsp3) is 0.227. The second-order valence-corrected chi connectivity index (χ2v) is 6.90. The van der Waals surface area contributed by atoms with Crippen LogP contribution in [-0.4, -0.2) is 36.0 Å². The van der Waals surface area contributed by atoms with Crippen LogP contribution in [0.2, 0.25) is 0 Å². The summed E-state index contributed by atoms with van der Waals surface area (Å²) in [6.45, 7) is 6.57. The molecule has 30 heavy (non-hydrogen) atoms. The van der Waals surface area contributed by atoms with Crippen LogP contribution in [0.3, 0.4) is 0 Å². The molecule has 0 unspecified atom stereocenters. The number of hydrogen-bond acceptors (Lipinski definition) is 6. The molecule has 4 rings (SSSR count). The Balaban J connectivity index is 2.13. The largest absolute Gasteiger partial charge is 0.478 e. The van der Waals surface area contributed by atoms with Gasteiger partial charge in [0, 0.05) is 59.6 Å². The summed E-state index contributed by atoms with van der Waals surface area (Å²) in [6, 6.07) is 3.84. The molecule has 0 aromatic carbocycles. The van der Waals surface area contributed by atoms with Gasteiger partial charge in [0.1, 0.15) is 17.1 Å². The number of aryl methyl sites for hydroxylation is 3. The molecule has 0 bridgehead atoms. The maximum atomic E-state index is 11.3. The van der Waals surface area contributed by atoms with Gasteiger partial charge in [0.2, 0.25) is 0 Å². The summed E-state index contributed by atoms with van der Waals surface area (Å²) in [7, 11) is 0. The average Bonchev–Trinajstić information content (AvgIpc) is 3.37. The van der Waals surface area contributed by atoms with Gasteiger partial charge in [-0.15, -0.1) is 0 Å². The Labute approximate surface area is 172 Å². The zero-order valence-corrected chi connectivity index (χ0v) is 17.0. The topological polar surface area (TPSA) is 107 Å². The van der Waals surface area contributed by atoms with Gasteiger partial charge in [0.15, 0.2) is 5.65 Å². The number of carboxylic acid groups (broad SMARTS) is 1. The zero-order chi connectivity index (χ0) is 21.3. The number of nitrogens with zero attached hydrogens (tertiary/aromatic N) is 5. The molecule has 8 nitrogen and oxygen atoms in total. The Kier molecular flexibility index (Phi) is 5.14. The fourth-order valence-electron chi connectivity index (χ4n) is 3.44. The van der Waals surface area contributed by atoms with Crippen molar-refractivity contribution in [2.24, 2.45) is 0 Å². The van der Waals surface area contributed by atoms with Gasteiger partial charge in [0.05, 0.1) is 6.20 Å². The molecule has 4 heterocycles. The summed E-state index contributed by atoms with van der Waals surface area (Å²) < 4.78 is 7.20. The Morgan fingerprint density at radius 2 is 2.07 bits per heavy atom. The Hall–Kier alpha value is -3.81. The van der Waals surface area contributed by atoms with Gasteiger partial charge in [-0.3, -0.25) is 4.98 Å². The van der Waals surface area contributed by atoms with Gasteiger partial charge < -0.3 is 9.63 Å². The van der Waals surface area contributed by atoms with Crippen LogP contribution in [-0.2, 0) is 17.8 Å². The highest BCUT2D eigenvalue weighted by Crippen LogP contribution is 2.37. The molecule has 4 aromatic rings. The third-order valence-electron chi connectivity index (χ3n) is 4.83. The van der Waals surface area contributed by atoms with Crippen molar-refractivity contribution in [3.8, 4) is 22.5 Å². The number of carbonyl (C=O) groups is 1. The van der Waals surface area contributed by atoms with Gasteiger partial charge in [-0.25, -0.2) is 14.5 Å². The molecule has 0 atom stereocenters. The lowest BCUT2D eigenvalue weighted by molar-refractivity contribution is -0.131. The maximum absolute atomic E-state index is 11.3. The quantitative estimate of drug-likeness (QED) is 0.482. The van der Waals surface area contributed by atoms with E-state index in [0.717, 1.165) is 33.9 Å².